The maximum absolute atomic E-state index is 11.2. The summed E-state index contributed by atoms with van der Waals surface area (Å²) in [5.74, 6) is 1.35. The van der Waals surface area contributed by atoms with Crippen LogP contribution in [0.2, 0.25) is 0 Å². The molecule has 26 heavy (non-hydrogen) atoms. The summed E-state index contributed by atoms with van der Waals surface area (Å²) in [5.41, 5.74) is 3.37. The first-order valence-corrected chi connectivity index (χ1v) is 9.86. The van der Waals surface area contributed by atoms with Crippen LogP contribution in [0.1, 0.15) is 24.6 Å². The molecule has 130 valence electrons. The van der Waals surface area contributed by atoms with E-state index < -0.39 is 0 Å². The molecule has 1 aliphatic rings. The Kier molecular flexibility index (Phi) is 3.75. The quantitative estimate of drug-likeness (QED) is 0.502. The maximum Gasteiger partial charge on any atom is 0.209 e. The van der Waals surface area contributed by atoms with E-state index in [1.54, 1.807) is 11.3 Å². The van der Waals surface area contributed by atoms with Crippen LogP contribution in [0.3, 0.4) is 0 Å². The van der Waals surface area contributed by atoms with Crippen LogP contribution in [0, 0.1) is 0 Å². The predicted molar refractivity (Wildman–Crippen MR) is 106 cm³/mol. The molecule has 0 bridgehead atoms. The zero-order valence-corrected chi connectivity index (χ0v) is 15.2. The third kappa shape index (κ3) is 2.42. The number of amides is 1. The minimum Gasteiger partial charge on any atom is -0.345 e. The Morgan fingerprint density at radius 2 is 2.04 bits per heavy atom. The molecular weight excluding hydrogens is 342 g/mol. The summed E-state index contributed by atoms with van der Waals surface area (Å²) >= 11 is 1.76. The van der Waals surface area contributed by atoms with Crippen LogP contribution in [-0.4, -0.2) is 33.8 Å². The molecular formula is C21H19N3OS. The Morgan fingerprint density at radius 3 is 2.96 bits per heavy atom. The number of hydrogen-bond donors (Lipinski definition) is 0. The second kappa shape index (κ2) is 6.25. The molecule has 0 N–H and O–H groups in total. The van der Waals surface area contributed by atoms with Crippen molar-refractivity contribution in [3.8, 4) is 11.3 Å². The monoisotopic (exact) mass is 361 g/mol. The van der Waals surface area contributed by atoms with Gasteiger partial charge in [0.05, 0.1) is 11.2 Å². The molecule has 1 atom stereocenters. The topological polar surface area (TPSA) is 37.6 Å². The van der Waals surface area contributed by atoms with E-state index in [1.165, 1.54) is 15.6 Å². The molecule has 5 rings (SSSR count). The Balaban J connectivity index is 1.69. The Bertz CT molecular complexity index is 1100. The normalized spacial score (nSPS) is 17.8. The Labute approximate surface area is 155 Å². The van der Waals surface area contributed by atoms with Crippen molar-refractivity contribution in [3.63, 3.8) is 0 Å². The molecule has 1 aromatic carbocycles. The van der Waals surface area contributed by atoms with Crippen molar-refractivity contribution in [2.24, 2.45) is 0 Å². The first kappa shape index (κ1) is 15.6. The fraction of sp³-hybridized carbons (Fsp3) is 0.238. The summed E-state index contributed by atoms with van der Waals surface area (Å²) < 4.78 is 3.49. The number of likely N-dealkylation sites (tertiary alicyclic amines) is 1. The first-order valence-electron chi connectivity index (χ1n) is 8.98. The van der Waals surface area contributed by atoms with Gasteiger partial charge in [0.15, 0.2) is 0 Å². The standard InChI is InChI=1S/C21H19N3OS/c25-14-23-10-5-6-15(12-23)21-22-20(18-8-3-4-11-24(18)21)17-13-26-19-9-2-1-7-16(17)19/h1-4,7-9,11,13-15H,5-6,10,12H2. The van der Waals surface area contributed by atoms with E-state index in [9.17, 15) is 4.79 Å². The molecule has 4 heterocycles. The highest BCUT2D eigenvalue weighted by Gasteiger charge is 2.26. The lowest BCUT2D eigenvalue weighted by Crippen LogP contribution is -2.33. The average molecular weight is 361 g/mol. The van der Waals surface area contributed by atoms with Gasteiger partial charge in [-0.15, -0.1) is 11.3 Å². The summed E-state index contributed by atoms with van der Waals surface area (Å²) in [6.07, 6.45) is 5.16. The van der Waals surface area contributed by atoms with E-state index in [0.29, 0.717) is 0 Å². The van der Waals surface area contributed by atoms with Gasteiger partial charge in [-0.3, -0.25) is 4.79 Å². The van der Waals surface area contributed by atoms with Gasteiger partial charge in [0, 0.05) is 46.2 Å². The second-order valence-corrected chi connectivity index (χ2v) is 7.77. The highest BCUT2D eigenvalue weighted by Crippen LogP contribution is 2.37. The minimum absolute atomic E-state index is 0.280. The summed E-state index contributed by atoms with van der Waals surface area (Å²) in [5, 5.41) is 3.47. The number of rotatable bonds is 3. The number of fused-ring (bicyclic) bond motifs is 2. The molecule has 0 aliphatic carbocycles. The van der Waals surface area contributed by atoms with Crippen molar-refractivity contribution >= 4 is 33.3 Å². The van der Waals surface area contributed by atoms with Crippen LogP contribution >= 0.6 is 11.3 Å². The molecule has 1 aliphatic heterocycles. The molecule has 1 fully saturated rings. The smallest absolute Gasteiger partial charge is 0.209 e. The zero-order valence-electron chi connectivity index (χ0n) is 14.3. The van der Waals surface area contributed by atoms with E-state index in [1.807, 2.05) is 11.0 Å². The van der Waals surface area contributed by atoms with E-state index in [4.69, 9.17) is 4.98 Å². The van der Waals surface area contributed by atoms with E-state index >= 15 is 0 Å². The van der Waals surface area contributed by atoms with Crippen LogP contribution < -0.4 is 0 Å². The highest BCUT2D eigenvalue weighted by molar-refractivity contribution is 7.17. The molecule has 5 heteroatoms. The van der Waals surface area contributed by atoms with E-state index in [-0.39, 0.29) is 5.92 Å². The molecule has 0 radical (unpaired) electrons. The van der Waals surface area contributed by atoms with Crippen molar-refractivity contribution in [3.05, 3.63) is 59.9 Å². The molecule has 0 saturated carbocycles. The number of carbonyl (C=O) groups is 1. The lowest BCUT2D eigenvalue weighted by Gasteiger charge is -2.29. The number of piperidine rings is 1. The van der Waals surface area contributed by atoms with Gasteiger partial charge in [-0.25, -0.2) is 4.98 Å². The third-order valence-electron chi connectivity index (χ3n) is 5.28. The summed E-state index contributed by atoms with van der Waals surface area (Å²) in [6, 6.07) is 14.7. The van der Waals surface area contributed by atoms with Gasteiger partial charge in [-0.05, 0) is 31.0 Å². The van der Waals surface area contributed by atoms with Crippen molar-refractivity contribution in [2.45, 2.75) is 18.8 Å². The molecule has 4 nitrogen and oxygen atoms in total. The lowest BCUT2D eigenvalue weighted by atomic mass is 9.97. The summed E-state index contributed by atoms with van der Waals surface area (Å²) in [7, 11) is 0. The lowest BCUT2D eigenvalue weighted by molar-refractivity contribution is -0.119. The number of aromatic nitrogens is 2. The van der Waals surface area contributed by atoms with Crippen LogP contribution in [0.15, 0.2) is 54.0 Å². The molecule has 4 aromatic rings. The number of imidazole rings is 1. The van der Waals surface area contributed by atoms with Gasteiger partial charge in [0.25, 0.3) is 0 Å². The average Bonchev–Trinajstić information content (AvgIpc) is 3.29. The van der Waals surface area contributed by atoms with E-state index in [0.717, 1.165) is 49.4 Å². The van der Waals surface area contributed by atoms with Crippen LogP contribution in [0.5, 0.6) is 0 Å². The van der Waals surface area contributed by atoms with Crippen LogP contribution in [0.25, 0.3) is 26.9 Å². The van der Waals surface area contributed by atoms with Gasteiger partial charge in [0.1, 0.15) is 5.82 Å². The van der Waals surface area contributed by atoms with Crippen LogP contribution in [-0.2, 0) is 4.79 Å². The van der Waals surface area contributed by atoms with Gasteiger partial charge in [-0.2, -0.15) is 0 Å². The molecule has 0 spiro atoms. The number of benzene rings is 1. The number of hydrogen-bond acceptors (Lipinski definition) is 3. The van der Waals surface area contributed by atoms with Gasteiger partial charge >= 0.3 is 0 Å². The van der Waals surface area contributed by atoms with Crippen molar-refractivity contribution in [1.82, 2.24) is 14.3 Å². The SMILES string of the molecule is O=CN1CCCC(c2nc(-c3csc4ccccc34)c3ccccn23)C1. The second-order valence-electron chi connectivity index (χ2n) is 6.86. The number of carbonyl (C=O) groups excluding carboxylic acids is 1. The predicted octanol–water partition coefficient (Wildman–Crippen LogP) is 4.55. The molecule has 3 aromatic heterocycles. The van der Waals surface area contributed by atoms with Gasteiger partial charge < -0.3 is 9.30 Å². The Hall–Kier alpha value is -2.66. The fourth-order valence-electron chi connectivity index (χ4n) is 4.02. The number of pyridine rings is 1. The number of thiophene rings is 1. The summed E-state index contributed by atoms with van der Waals surface area (Å²) in [4.78, 5) is 18.2. The molecule has 1 unspecified atom stereocenters. The minimum atomic E-state index is 0.280. The Morgan fingerprint density at radius 1 is 1.15 bits per heavy atom. The summed E-state index contributed by atoms with van der Waals surface area (Å²) in [6.45, 7) is 1.60. The first-order chi connectivity index (χ1) is 12.8. The van der Waals surface area contributed by atoms with Gasteiger partial charge in [0.2, 0.25) is 6.41 Å². The highest BCUT2D eigenvalue weighted by atomic mass is 32.1. The zero-order chi connectivity index (χ0) is 17.5. The van der Waals surface area contributed by atoms with Crippen LogP contribution in [0.4, 0.5) is 0 Å². The van der Waals surface area contributed by atoms with Crippen molar-refractivity contribution in [1.29, 1.82) is 0 Å². The maximum atomic E-state index is 11.2. The van der Waals surface area contributed by atoms with Gasteiger partial charge in [-0.1, -0.05) is 24.3 Å². The third-order valence-corrected chi connectivity index (χ3v) is 6.24. The fourth-order valence-corrected chi connectivity index (χ4v) is 4.97. The number of nitrogens with zero attached hydrogens (tertiary/aromatic N) is 3. The van der Waals surface area contributed by atoms with Crippen molar-refractivity contribution in [2.75, 3.05) is 13.1 Å². The van der Waals surface area contributed by atoms with E-state index in [2.05, 4.69) is 52.4 Å². The largest absolute Gasteiger partial charge is 0.345 e. The molecule has 1 amide bonds. The molecule has 1 saturated heterocycles. The van der Waals surface area contributed by atoms with Crippen molar-refractivity contribution < 1.29 is 4.79 Å².